The largest absolute Gasteiger partial charge is 0.490 e. The fourth-order valence-corrected chi connectivity index (χ4v) is 1.95. The van der Waals surface area contributed by atoms with Gasteiger partial charge in [-0.15, -0.1) is 0 Å². The Kier molecular flexibility index (Phi) is 3.20. The summed E-state index contributed by atoms with van der Waals surface area (Å²) in [6, 6.07) is 5.76. The second-order valence-corrected chi connectivity index (χ2v) is 5.40. The number of benzene rings is 1. The summed E-state index contributed by atoms with van der Waals surface area (Å²) in [5.41, 5.74) is 1.34. The molecule has 1 aliphatic heterocycles. The highest BCUT2D eigenvalue weighted by Gasteiger charge is 2.29. The van der Waals surface area contributed by atoms with Crippen LogP contribution >= 0.6 is 0 Å². The van der Waals surface area contributed by atoms with E-state index < -0.39 is 5.60 Å². The van der Waals surface area contributed by atoms with Crippen LogP contribution in [0.3, 0.4) is 0 Å². The molecule has 1 aliphatic rings. The summed E-state index contributed by atoms with van der Waals surface area (Å²) in [5.74, 6) is 0.743. The Labute approximate surface area is 107 Å². The number of hydrogen-bond donors (Lipinski definition) is 0. The molecular formula is C14H19NO3. The number of carbonyl (C=O) groups excluding carboxylic acids is 1. The molecule has 0 atom stereocenters. The molecule has 0 aromatic heterocycles. The zero-order valence-electron chi connectivity index (χ0n) is 11.3. The van der Waals surface area contributed by atoms with Crippen molar-refractivity contribution in [2.75, 3.05) is 18.1 Å². The van der Waals surface area contributed by atoms with E-state index in [1.54, 1.807) is 4.90 Å². The maximum atomic E-state index is 12.2. The molecule has 4 heteroatoms. The van der Waals surface area contributed by atoms with Gasteiger partial charge in [0, 0.05) is 0 Å². The lowest BCUT2D eigenvalue weighted by Crippen LogP contribution is -2.41. The van der Waals surface area contributed by atoms with Crippen molar-refractivity contribution >= 4 is 11.8 Å². The number of nitrogens with zero attached hydrogens (tertiary/aromatic N) is 1. The van der Waals surface area contributed by atoms with Crippen molar-refractivity contribution in [1.82, 2.24) is 0 Å². The van der Waals surface area contributed by atoms with Crippen LogP contribution in [-0.2, 0) is 4.74 Å². The molecule has 1 amide bonds. The van der Waals surface area contributed by atoms with Gasteiger partial charge in [0.05, 0.1) is 12.2 Å². The number of hydrogen-bond acceptors (Lipinski definition) is 3. The van der Waals surface area contributed by atoms with Crippen molar-refractivity contribution in [1.29, 1.82) is 0 Å². The van der Waals surface area contributed by atoms with E-state index in [0.717, 1.165) is 17.0 Å². The maximum Gasteiger partial charge on any atom is 0.415 e. The normalized spacial score (nSPS) is 14.8. The number of ether oxygens (including phenoxy) is 2. The first-order chi connectivity index (χ1) is 8.38. The highest BCUT2D eigenvalue weighted by Crippen LogP contribution is 2.35. The molecular weight excluding hydrogens is 230 g/mol. The SMILES string of the molecule is Cc1cccc2c1N(C(=O)OC(C)(C)C)CCO2. The predicted molar refractivity (Wildman–Crippen MR) is 70.3 cm³/mol. The molecule has 0 aliphatic carbocycles. The topological polar surface area (TPSA) is 38.8 Å². The van der Waals surface area contributed by atoms with E-state index in [1.165, 1.54) is 0 Å². The van der Waals surface area contributed by atoms with Gasteiger partial charge in [-0.05, 0) is 39.3 Å². The number of fused-ring (bicyclic) bond motifs is 1. The van der Waals surface area contributed by atoms with Crippen molar-refractivity contribution in [2.45, 2.75) is 33.3 Å². The van der Waals surface area contributed by atoms with E-state index in [-0.39, 0.29) is 6.09 Å². The van der Waals surface area contributed by atoms with Gasteiger partial charge >= 0.3 is 6.09 Å². The first-order valence-corrected chi connectivity index (χ1v) is 6.11. The smallest absolute Gasteiger partial charge is 0.415 e. The molecule has 1 aromatic rings. The molecule has 0 spiro atoms. The Balaban J connectivity index is 2.30. The van der Waals surface area contributed by atoms with E-state index in [1.807, 2.05) is 45.9 Å². The lowest BCUT2D eigenvalue weighted by Gasteiger charge is -2.32. The Hall–Kier alpha value is -1.71. The predicted octanol–water partition coefficient (Wildman–Crippen LogP) is 3.13. The first kappa shape index (κ1) is 12.7. The van der Waals surface area contributed by atoms with Gasteiger partial charge in [0.2, 0.25) is 0 Å². The lowest BCUT2D eigenvalue weighted by atomic mass is 10.1. The Morgan fingerprint density at radius 1 is 1.39 bits per heavy atom. The van der Waals surface area contributed by atoms with Crippen LogP contribution in [0.25, 0.3) is 0 Å². The lowest BCUT2D eigenvalue weighted by molar-refractivity contribution is 0.0567. The Morgan fingerprint density at radius 2 is 2.11 bits per heavy atom. The zero-order valence-corrected chi connectivity index (χ0v) is 11.3. The molecule has 1 heterocycles. The van der Waals surface area contributed by atoms with Gasteiger partial charge in [-0.1, -0.05) is 12.1 Å². The zero-order chi connectivity index (χ0) is 13.3. The van der Waals surface area contributed by atoms with Gasteiger partial charge in [-0.3, -0.25) is 4.90 Å². The number of rotatable bonds is 0. The number of aryl methyl sites for hydroxylation is 1. The highest BCUT2D eigenvalue weighted by atomic mass is 16.6. The summed E-state index contributed by atoms with van der Waals surface area (Å²) in [6.07, 6.45) is -0.318. The van der Waals surface area contributed by atoms with E-state index in [4.69, 9.17) is 9.47 Å². The monoisotopic (exact) mass is 249 g/mol. The Morgan fingerprint density at radius 3 is 2.78 bits per heavy atom. The second kappa shape index (κ2) is 4.52. The third-order valence-electron chi connectivity index (χ3n) is 2.66. The van der Waals surface area contributed by atoms with Crippen LogP contribution in [-0.4, -0.2) is 24.8 Å². The average molecular weight is 249 g/mol. The molecule has 18 heavy (non-hydrogen) atoms. The van der Waals surface area contributed by atoms with Crippen LogP contribution in [0, 0.1) is 6.92 Å². The van der Waals surface area contributed by atoms with Gasteiger partial charge in [-0.25, -0.2) is 4.79 Å². The van der Waals surface area contributed by atoms with Crippen molar-refractivity contribution in [2.24, 2.45) is 0 Å². The first-order valence-electron chi connectivity index (χ1n) is 6.11. The van der Waals surface area contributed by atoms with Crippen molar-refractivity contribution in [3.05, 3.63) is 23.8 Å². The molecule has 98 valence electrons. The molecule has 0 fully saturated rings. The summed E-state index contributed by atoms with van der Waals surface area (Å²) in [7, 11) is 0. The van der Waals surface area contributed by atoms with E-state index in [0.29, 0.717) is 13.2 Å². The van der Waals surface area contributed by atoms with E-state index >= 15 is 0 Å². The molecule has 0 radical (unpaired) electrons. The minimum Gasteiger partial charge on any atom is -0.490 e. The summed E-state index contributed by atoms with van der Waals surface area (Å²) < 4.78 is 11.0. The molecule has 0 N–H and O–H groups in total. The quantitative estimate of drug-likeness (QED) is 0.709. The summed E-state index contributed by atoms with van der Waals surface area (Å²) in [6.45, 7) is 8.58. The van der Waals surface area contributed by atoms with E-state index in [9.17, 15) is 4.79 Å². The van der Waals surface area contributed by atoms with Crippen LogP contribution in [0.4, 0.5) is 10.5 Å². The molecule has 2 rings (SSSR count). The molecule has 0 unspecified atom stereocenters. The highest BCUT2D eigenvalue weighted by molar-refractivity contribution is 5.91. The summed E-state index contributed by atoms with van der Waals surface area (Å²) in [5, 5.41) is 0. The average Bonchev–Trinajstić information content (AvgIpc) is 2.26. The molecule has 0 bridgehead atoms. The van der Waals surface area contributed by atoms with Crippen molar-refractivity contribution in [3.63, 3.8) is 0 Å². The van der Waals surface area contributed by atoms with Crippen molar-refractivity contribution in [3.8, 4) is 5.75 Å². The van der Waals surface area contributed by atoms with Crippen molar-refractivity contribution < 1.29 is 14.3 Å². The van der Waals surface area contributed by atoms with Crippen LogP contribution in [0.2, 0.25) is 0 Å². The third-order valence-corrected chi connectivity index (χ3v) is 2.66. The number of carbonyl (C=O) groups is 1. The Bertz CT molecular complexity index is 463. The summed E-state index contributed by atoms with van der Waals surface area (Å²) >= 11 is 0. The molecule has 0 saturated heterocycles. The fourth-order valence-electron chi connectivity index (χ4n) is 1.95. The van der Waals surface area contributed by atoms with Gasteiger partial charge < -0.3 is 9.47 Å². The molecule has 0 saturated carbocycles. The minimum absolute atomic E-state index is 0.318. The minimum atomic E-state index is -0.488. The van der Waals surface area contributed by atoms with Crippen LogP contribution in [0.1, 0.15) is 26.3 Å². The van der Waals surface area contributed by atoms with Crippen LogP contribution in [0.5, 0.6) is 5.75 Å². The fraction of sp³-hybridized carbons (Fsp3) is 0.500. The van der Waals surface area contributed by atoms with Crippen LogP contribution in [0.15, 0.2) is 18.2 Å². The second-order valence-electron chi connectivity index (χ2n) is 5.40. The van der Waals surface area contributed by atoms with Gasteiger partial charge in [0.15, 0.2) is 0 Å². The molecule has 4 nitrogen and oxygen atoms in total. The van der Waals surface area contributed by atoms with E-state index in [2.05, 4.69) is 0 Å². The molecule has 1 aromatic carbocycles. The standard InChI is InChI=1S/C14H19NO3/c1-10-6-5-7-11-12(10)15(8-9-17-11)13(16)18-14(2,3)4/h5-7H,8-9H2,1-4H3. The number of anilines is 1. The van der Waals surface area contributed by atoms with Crippen LogP contribution < -0.4 is 9.64 Å². The third kappa shape index (κ3) is 2.58. The van der Waals surface area contributed by atoms with Gasteiger partial charge in [0.25, 0.3) is 0 Å². The number of para-hydroxylation sites is 1. The van der Waals surface area contributed by atoms with Gasteiger partial charge in [-0.2, -0.15) is 0 Å². The van der Waals surface area contributed by atoms with Gasteiger partial charge in [0.1, 0.15) is 18.0 Å². The number of amides is 1. The maximum absolute atomic E-state index is 12.2. The summed E-state index contributed by atoms with van der Waals surface area (Å²) in [4.78, 5) is 13.8.